The zero-order chi connectivity index (χ0) is 14.7. The van der Waals surface area contributed by atoms with E-state index < -0.39 is 6.10 Å². The van der Waals surface area contributed by atoms with Gasteiger partial charge in [0.25, 0.3) is 0 Å². The minimum Gasteiger partial charge on any atom is -0.458 e. The molecule has 0 amide bonds. The summed E-state index contributed by atoms with van der Waals surface area (Å²) < 4.78 is 5.79. The van der Waals surface area contributed by atoms with E-state index >= 15 is 0 Å². The Morgan fingerprint density at radius 2 is 2.00 bits per heavy atom. The van der Waals surface area contributed by atoms with Gasteiger partial charge in [-0.25, -0.2) is 0 Å². The van der Waals surface area contributed by atoms with Crippen LogP contribution in [0.3, 0.4) is 0 Å². The van der Waals surface area contributed by atoms with E-state index in [2.05, 4.69) is 11.8 Å². The maximum Gasteiger partial charge on any atom is 0.135 e. The molecule has 0 radical (unpaired) electrons. The third-order valence-corrected chi connectivity index (χ3v) is 4.68. The third-order valence-electron chi connectivity index (χ3n) is 4.68. The fourth-order valence-corrected chi connectivity index (χ4v) is 3.46. The summed E-state index contributed by atoms with van der Waals surface area (Å²) in [5, 5.41) is 11.6. The molecule has 1 N–H and O–H groups in total. The molecular formula is C18H25NO2. The average Bonchev–Trinajstić information content (AvgIpc) is 2.97. The number of nitrogens with zero attached hydrogens (tertiary/aromatic N) is 1. The number of hydrogen-bond acceptors (Lipinski definition) is 3. The van der Waals surface area contributed by atoms with Crippen molar-refractivity contribution in [1.82, 2.24) is 4.90 Å². The molecule has 1 atom stereocenters. The van der Waals surface area contributed by atoms with Crippen LogP contribution in [0.5, 0.6) is 0 Å². The van der Waals surface area contributed by atoms with Crippen LogP contribution in [0.4, 0.5) is 0 Å². The van der Waals surface area contributed by atoms with Crippen molar-refractivity contribution in [1.29, 1.82) is 0 Å². The lowest BCUT2D eigenvalue weighted by Crippen LogP contribution is -2.39. The highest BCUT2D eigenvalue weighted by Crippen LogP contribution is 2.27. The lowest BCUT2D eigenvalue weighted by atomic mass is 9.94. The summed E-state index contributed by atoms with van der Waals surface area (Å²) in [6.45, 7) is 3.84. The van der Waals surface area contributed by atoms with Gasteiger partial charge in [-0.15, -0.1) is 0 Å². The molecule has 1 fully saturated rings. The average molecular weight is 287 g/mol. The Labute approximate surface area is 126 Å². The first-order valence-corrected chi connectivity index (χ1v) is 8.18. The summed E-state index contributed by atoms with van der Waals surface area (Å²) in [5.41, 5.74) is 0.854. The van der Waals surface area contributed by atoms with Crippen molar-refractivity contribution in [2.75, 3.05) is 13.1 Å². The van der Waals surface area contributed by atoms with Gasteiger partial charge in [-0.2, -0.15) is 0 Å². The van der Waals surface area contributed by atoms with Crippen LogP contribution in [0.25, 0.3) is 11.0 Å². The summed E-state index contributed by atoms with van der Waals surface area (Å²) in [4.78, 5) is 2.41. The molecule has 3 nitrogen and oxygen atoms in total. The van der Waals surface area contributed by atoms with Crippen molar-refractivity contribution in [3.63, 3.8) is 0 Å². The summed E-state index contributed by atoms with van der Waals surface area (Å²) in [7, 11) is 0. The molecule has 1 saturated carbocycles. The maximum atomic E-state index is 10.5. The van der Waals surface area contributed by atoms with Crippen molar-refractivity contribution in [3.8, 4) is 0 Å². The van der Waals surface area contributed by atoms with Gasteiger partial charge in [0.2, 0.25) is 0 Å². The topological polar surface area (TPSA) is 36.6 Å². The molecule has 3 rings (SSSR count). The van der Waals surface area contributed by atoms with E-state index in [1.165, 1.54) is 32.1 Å². The Balaban J connectivity index is 1.69. The number of para-hydroxylation sites is 1. The lowest BCUT2D eigenvalue weighted by Gasteiger charge is -2.34. The number of fused-ring (bicyclic) bond motifs is 1. The number of likely N-dealkylation sites (N-methyl/N-ethyl adjacent to an activating group) is 1. The van der Waals surface area contributed by atoms with Crippen molar-refractivity contribution < 1.29 is 9.52 Å². The van der Waals surface area contributed by atoms with Gasteiger partial charge in [-0.1, -0.05) is 44.4 Å². The number of rotatable bonds is 5. The zero-order valence-electron chi connectivity index (χ0n) is 12.8. The zero-order valence-corrected chi connectivity index (χ0v) is 12.8. The maximum absolute atomic E-state index is 10.5. The van der Waals surface area contributed by atoms with Crippen LogP contribution in [0.2, 0.25) is 0 Å². The molecule has 1 unspecified atom stereocenters. The molecule has 1 aromatic heterocycles. The highest BCUT2D eigenvalue weighted by atomic mass is 16.4. The summed E-state index contributed by atoms with van der Waals surface area (Å²) in [6, 6.07) is 10.5. The Morgan fingerprint density at radius 3 is 2.71 bits per heavy atom. The number of aliphatic hydroxyl groups is 1. The summed E-state index contributed by atoms with van der Waals surface area (Å²) >= 11 is 0. The van der Waals surface area contributed by atoms with Crippen molar-refractivity contribution in [2.24, 2.45) is 0 Å². The number of aliphatic hydroxyl groups excluding tert-OH is 1. The molecule has 1 heterocycles. The van der Waals surface area contributed by atoms with Crippen molar-refractivity contribution >= 4 is 11.0 Å². The molecule has 1 aliphatic carbocycles. The molecule has 0 aliphatic heterocycles. The Morgan fingerprint density at radius 1 is 1.24 bits per heavy atom. The molecule has 0 spiro atoms. The van der Waals surface area contributed by atoms with Gasteiger partial charge in [0.05, 0.1) is 0 Å². The SMILES string of the molecule is CCN(CC(O)c1cc2ccccc2o1)C1CCCCC1. The predicted molar refractivity (Wildman–Crippen MR) is 85.3 cm³/mol. The molecule has 0 saturated heterocycles. The summed E-state index contributed by atoms with van der Waals surface area (Å²) in [5.74, 6) is 0.686. The van der Waals surface area contributed by atoms with Gasteiger partial charge in [0.1, 0.15) is 17.4 Å². The monoisotopic (exact) mass is 287 g/mol. The fourth-order valence-electron chi connectivity index (χ4n) is 3.46. The Kier molecular flexibility index (Phi) is 4.61. The third kappa shape index (κ3) is 3.30. The molecule has 3 heteroatoms. The number of benzene rings is 1. The smallest absolute Gasteiger partial charge is 0.135 e. The molecular weight excluding hydrogens is 262 g/mol. The lowest BCUT2D eigenvalue weighted by molar-refractivity contribution is 0.0650. The second kappa shape index (κ2) is 6.63. The first-order chi connectivity index (χ1) is 10.3. The van der Waals surface area contributed by atoms with Crippen LogP contribution in [0, 0.1) is 0 Å². The van der Waals surface area contributed by atoms with Gasteiger partial charge in [-0.3, -0.25) is 4.90 Å². The van der Waals surface area contributed by atoms with Crippen LogP contribution < -0.4 is 0 Å². The largest absolute Gasteiger partial charge is 0.458 e. The molecule has 2 aromatic rings. The minimum atomic E-state index is -0.542. The first kappa shape index (κ1) is 14.6. The Bertz CT molecular complexity index is 538. The number of furan rings is 1. The second-order valence-electron chi connectivity index (χ2n) is 6.08. The van der Waals surface area contributed by atoms with E-state index in [-0.39, 0.29) is 0 Å². The van der Waals surface area contributed by atoms with E-state index in [0.717, 1.165) is 17.5 Å². The van der Waals surface area contributed by atoms with E-state index in [0.29, 0.717) is 18.3 Å². The molecule has 1 aliphatic rings. The van der Waals surface area contributed by atoms with Crippen LogP contribution in [0.15, 0.2) is 34.7 Å². The normalized spacial score (nSPS) is 18.4. The van der Waals surface area contributed by atoms with E-state index in [4.69, 9.17) is 4.42 Å². The second-order valence-corrected chi connectivity index (χ2v) is 6.08. The predicted octanol–water partition coefficient (Wildman–Crippen LogP) is 4.12. The van der Waals surface area contributed by atoms with Crippen LogP contribution in [-0.2, 0) is 0 Å². The highest BCUT2D eigenvalue weighted by Gasteiger charge is 2.23. The van der Waals surface area contributed by atoms with Gasteiger partial charge < -0.3 is 9.52 Å². The Hall–Kier alpha value is -1.32. The van der Waals surface area contributed by atoms with Crippen LogP contribution in [0.1, 0.15) is 50.9 Å². The first-order valence-electron chi connectivity index (χ1n) is 8.18. The number of hydrogen-bond donors (Lipinski definition) is 1. The van der Waals surface area contributed by atoms with Gasteiger partial charge in [-0.05, 0) is 31.5 Å². The van der Waals surface area contributed by atoms with Gasteiger partial charge >= 0.3 is 0 Å². The quantitative estimate of drug-likeness (QED) is 0.898. The van der Waals surface area contributed by atoms with Crippen molar-refractivity contribution in [3.05, 3.63) is 36.1 Å². The van der Waals surface area contributed by atoms with E-state index in [1.54, 1.807) is 0 Å². The van der Waals surface area contributed by atoms with E-state index in [1.807, 2.05) is 30.3 Å². The fraction of sp³-hybridized carbons (Fsp3) is 0.556. The molecule has 21 heavy (non-hydrogen) atoms. The van der Waals surface area contributed by atoms with Crippen LogP contribution >= 0.6 is 0 Å². The van der Waals surface area contributed by atoms with Crippen LogP contribution in [-0.4, -0.2) is 29.1 Å². The van der Waals surface area contributed by atoms with E-state index in [9.17, 15) is 5.11 Å². The molecule has 1 aromatic carbocycles. The highest BCUT2D eigenvalue weighted by molar-refractivity contribution is 5.77. The molecule has 0 bridgehead atoms. The van der Waals surface area contributed by atoms with Gasteiger partial charge in [0.15, 0.2) is 0 Å². The summed E-state index contributed by atoms with van der Waals surface area (Å²) in [6.07, 6.45) is 5.99. The standard InChI is InChI=1S/C18H25NO2/c1-2-19(15-9-4-3-5-10-15)13-16(20)18-12-14-8-6-7-11-17(14)21-18/h6-8,11-12,15-16,20H,2-5,9-10,13H2,1H3. The minimum absolute atomic E-state index is 0.542. The van der Waals surface area contributed by atoms with Gasteiger partial charge in [0, 0.05) is 18.0 Å². The molecule has 114 valence electrons. The van der Waals surface area contributed by atoms with Crippen molar-refractivity contribution in [2.45, 2.75) is 51.2 Å².